The van der Waals surface area contributed by atoms with Crippen LogP contribution in [0.2, 0.25) is 0 Å². The molecule has 0 spiro atoms. The molecular formula is C17H26N8S. The monoisotopic (exact) mass is 374 g/mol. The third-order valence-corrected chi connectivity index (χ3v) is 5.14. The zero-order valence-corrected chi connectivity index (χ0v) is 16.2. The van der Waals surface area contributed by atoms with E-state index in [9.17, 15) is 0 Å². The topological polar surface area (TPSA) is 81.6 Å². The number of nitrogens with zero attached hydrogens (tertiary/aromatic N) is 6. The number of nitrogens with one attached hydrogen (secondary N) is 2. The van der Waals surface area contributed by atoms with Crippen molar-refractivity contribution < 1.29 is 0 Å². The minimum Gasteiger partial charge on any atom is -0.355 e. The number of piperazine rings is 1. The molecule has 140 valence electrons. The summed E-state index contributed by atoms with van der Waals surface area (Å²) in [6, 6.07) is 1.85. The largest absolute Gasteiger partial charge is 0.355 e. The summed E-state index contributed by atoms with van der Waals surface area (Å²) in [4.78, 5) is 23.2. The van der Waals surface area contributed by atoms with Crippen LogP contribution in [0.5, 0.6) is 0 Å². The van der Waals surface area contributed by atoms with Gasteiger partial charge in [0.15, 0.2) is 5.96 Å². The first kappa shape index (κ1) is 18.5. The average molecular weight is 375 g/mol. The summed E-state index contributed by atoms with van der Waals surface area (Å²) in [7, 11) is 1.79. The molecule has 9 heteroatoms. The minimum atomic E-state index is 0.702. The Morgan fingerprint density at radius 2 is 1.92 bits per heavy atom. The molecule has 1 aliphatic rings. The minimum absolute atomic E-state index is 0.702. The first-order valence-electron chi connectivity index (χ1n) is 8.85. The van der Waals surface area contributed by atoms with Crippen LogP contribution in [0.1, 0.15) is 9.88 Å². The number of anilines is 1. The van der Waals surface area contributed by atoms with Crippen molar-refractivity contribution in [1.29, 1.82) is 0 Å². The summed E-state index contributed by atoms with van der Waals surface area (Å²) < 4.78 is 0. The molecular weight excluding hydrogens is 348 g/mol. The molecule has 0 unspecified atom stereocenters. The summed E-state index contributed by atoms with van der Waals surface area (Å²) in [5, 5.41) is 7.76. The highest BCUT2D eigenvalue weighted by molar-refractivity contribution is 7.11. The molecule has 2 aromatic heterocycles. The van der Waals surface area contributed by atoms with Crippen LogP contribution in [0.4, 0.5) is 5.95 Å². The van der Waals surface area contributed by atoms with Crippen molar-refractivity contribution in [1.82, 2.24) is 30.5 Å². The van der Waals surface area contributed by atoms with Crippen molar-refractivity contribution in [2.24, 2.45) is 4.99 Å². The first-order chi connectivity index (χ1) is 12.7. The van der Waals surface area contributed by atoms with Crippen molar-refractivity contribution in [3.63, 3.8) is 0 Å². The van der Waals surface area contributed by atoms with Gasteiger partial charge in [-0.15, -0.1) is 11.3 Å². The van der Waals surface area contributed by atoms with Gasteiger partial charge < -0.3 is 15.5 Å². The van der Waals surface area contributed by atoms with E-state index in [4.69, 9.17) is 0 Å². The van der Waals surface area contributed by atoms with Gasteiger partial charge in [-0.05, 0) is 13.0 Å². The number of guanidine groups is 1. The average Bonchev–Trinajstić information content (AvgIpc) is 3.11. The summed E-state index contributed by atoms with van der Waals surface area (Å²) in [5.74, 6) is 1.64. The van der Waals surface area contributed by atoms with E-state index >= 15 is 0 Å². The van der Waals surface area contributed by atoms with Gasteiger partial charge in [0.25, 0.3) is 0 Å². The number of aryl methyl sites for hydroxylation is 1. The summed E-state index contributed by atoms with van der Waals surface area (Å²) >= 11 is 1.71. The molecule has 0 bridgehead atoms. The van der Waals surface area contributed by atoms with Gasteiger partial charge in [-0.25, -0.2) is 15.0 Å². The number of rotatable bonds is 6. The Morgan fingerprint density at radius 1 is 1.15 bits per heavy atom. The van der Waals surface area contributed by atoms with Crippen LogP contribution in [0.25, 0.3) is 0 Å². The van der Waals surface area contributed by atoms with Crippen molar-refractivity contribution in [3.05, 3.63) is 34.5 Å². The Labute approximate surface area is 158 Å². The molecule has 3 rings (SSSR count). The standard InChI is InChI=1S/C17H26N8S/c1-14-12-22-15(26-14)13-23-16(18-2)19-6-7-24-8-10-25(11-9-24)17-20-4-3-5-21-17/h3-5,12H,6-11,13H2,1-2H3,(H2,18,19,23). The fraction of sp³-hybridized carbons (Fsp3) is 0.529. The summed E-state index contributed by atoms with van der Waals surface area (Å²) in [6.07, 6.45) is 5.49. The van der Waals surface area contributed by atoms with Crippen molar-refractivity contribution >= 4 is 23.2 Å². The lowest BCUT2D eigenvalue weighted by Crippen LogP contribution is -2.49. The van der Waals surface area contributed by atoms with Gasteiger partial charge in [0, 0.05) is 69.8 Å². The van der Waals surface area contributed by atoms with Crippen LogP contribution >= 0.6 is 11.3 Å². The molecule has 3 heterocycles. The molecule has 8 nitrogen and oxygen atoms in total. The van der Waals surface area contributed by atoms with Gasteiger partial charge in [-0.1, -0.05) is 0 Å². The quantitative estimate of drug-likeness (QED) is 0.570. The Hall–Kier alpha value is -2.26. The number of thiazole rings is 1. The van der Waals surface area contributed by atoms with Crippen LogP contribution in [0.3, 0.4) is 0 Å². The molecule has 0 saturated carbocycles. The molecule has 2 N–H and O–H groups in total. The van der Waals surface area contributed by atoms with Crippen molar-refractivity contribution in [2.75, 3.05) is 51.2 Å². The van der Waals surface area contributed by atoms with Gasteiger partial charge in [0.2, 0.25) is 5.95 Å². The maximum Gasteiger partial charge on any atom is 0.225 e. The first-order valence-corrected chi connectivity index (χ1v) is 9.66. The fourth-order valence-electron chi connectivity index (χ4n) is 2.82. The molecule has 1 saturated heterocycles. The highest BCUT2D eigenvalue weighted by Crippen LogP contribution is 2.10. The van der Waals surface area contributed by atoms with Crippen LogP contribution in [-0.4, -0.2) is 72.1 Å². The predicted molar refractivity (Wildman–Crippen MR) is 106 cm³/mol. The number of aromatic nitrogens is 3. The van der Waals surface area contributed by atoms with E-state index < -0.39 is 0 Å². The fourth-order valence-corrected chi connectivity index (χ4v) is 3.55. The number of aliphatic imine (C=N–C) groups is 1. The Kier molecular flexibility index (Phi) is 6.73. The maximum atomic E-state index is 4.36. The van der Waals surface area contributed by atoms with E-state index in [0.29, 0.717) is 6.54 Å². The van der Waals surface area contributed by atoms with E-state index in [1.165, 1.54) is 4.88 Å². The van der Waals surface area contributed by atoms with Gasteiger partial charge in [0.05, 0.1) is 6.54 Å². The second-order valence-corrected chi connectivity index (χ2v) is 7.41. The molecule has 0 radical (unpaired) electrons. The summed E-state index contributed by atoms with van der Waals surface area (Å²) in [6.45, 7) is 8.57. The molecule has 2 aromatic rings. The molecule has 0 amide bonds. The van der Waals surface area contributed by atoms with Crippen molar-refractivity contribution in [2.45, 2.75) is 13.5 Å². The van der Waals surface area contributed by atoms with Crippen molar-refractivity contribution in [3.8, 4) is 0 Å². The normalized spacial score (nSPS) is 15.9. The lowest BCUT2D eigenvalue weighted by Gasteiger charge is -2.34. The highest BCUT2D eigenvalue weighted by Gasteiger charge is 2.18. The lowest BCUT2D eigenvalue weighted by atomic mass is 10.3. The zero-order chi connectivity index (χ0) is 18.2. The predicted octanol–water partition coefficient (Wildman–Crippen LogP) is 0.729. The van der Waals surface area contributed by atoms with E-state index in [-0.39, 0.29) is 0 Å². The van der Waals surface area contributed by atoms with Gasteiger partial charge in [0.1, 0.15) is 5.01 Å². The SMILES string of the molecule is CN=C(NCCN1CCN(c2ncccn2)CC1)NCc1ncc(C)s1. The molecule has 0 atom stereocenters. The van der Waals surface area contributed by atoms with Gasteiger partial charge in [-0.3, -0.25) is 9.89 Å². The Morgan fingerprint density at radius 3 is 2.58 bits per heavy atom. The summed E-state index contributed by atoms with van der Waals surface area (Å²) in [5.41, 5.74) is 0. The molecule has 1 fully saturated rings. The Bertz CT molecular complexity index is 694. The van der Waals surface area contributed by atoms with E-state index in [1.807, 2.05) is 12.3 Å². The van der Waals surface area contributed by atoms with E-state index in [0.717, 1.165) is 56.2 Å². The second-order valence-electron chi connectivity index (χ2n) is 6.09. The number of hydrogen-bond acceptors (Lipinski definition) is 7. The van der Waals surface area contributed by atoms with Crippen LogP contribution in [-0.2, 0) is 6.54 Å². The molecule has 1 aliphatic heterocycles. The van der Waals surface area contributed by atoms with Gasteiger partial charge >= 0.3 is 0 Å². The molecule has 26 heavy (non-hydrogen) atoms. The number of hydrogen-bond donors (Lipinski definition) is 2. The van der Waals surface area contributed by atoms with E-state index in [2.05, 4.69) is 47.3 Å². The maximum absolute atomic E-state index is 4.36. The van der Waals surface area contributed by atoms with Crippen LogP contribution in [0.15, 0.2) is 29.6 Å². The van der Waals surface area contributed by atoms with Crippen LogP contribution < -0.4 is 15.5 Å². The van der Waals surface area contributed by atoms with E-state index in [1.54, 1.807) is 30.8 Å². The zero-order valence-electron chi connectivity index (χ0n) is 15.4. The smallest absolute Gasteiger partial charge is 0.225 e. The van der Waals surface area contributed by atoms with Gasteiger partial charge in [-0.2, -0.15) is 0 Å². The third-order valence-electron chi connectivity index (χ3n) is 4.23. The highest BCUT2D eigenvalue weighted by atomic mass is 32.1. The third kappa shape index (κ3) is 5.37. The second kappa shape index (κ2) is 9.44. The molecule has 0 aromatic carbocycles. The van der Waals surface area contributed by atoms with Crippen LogP contribution in [0, 0.1) is 6.92 Å². The molecule has 0 aliphatic carbocycles. The lowest BCUT2D eigenvalue weighted by molar-refractivity contribution is 0.260. The Balaban J connectivity index is 1.34.